The van der Waals surface area contributed by atoms with Crippen LogP contribution in [0.2, 0.25) is 0 Å². The number of nitrogens with one attached hydrogen (secondary N) is 1. The van der Waals surface area contributed by atoms with Gasteiger partial charge in [0.1, 0.15) is 23.3 Å². The van der Waals surface area contributed by atoms with Crippen LogP contribution in [-0.2, 0) is 50.6 Å². The maximum Gasteiger partial charge on any atom is 0.344 e. The number of esters is 3. The molecule has 61 heavy (non-hydrogen) atoms. The Labute approximate surface area is 356 Å². The van der Waals surface area contributed by atoms with E-state index in [1.54, 1.807) is 6.07 Å². The zero-order valence-electron chi connectivity index (χ0n) is 36.3. The highest BCUT2D eigenvalue weighted by Crippen LogP contribution is 2.68. The van der Waals surface area contributed by atoms with Gasteiger partial charge in [-0.1, -0.05) is 44.2 Å². The van der Waals surface area contributed by atoms with Crippen LogP contribution < -0.4 is 9.64 Å². The number of carbonyl (C=O) groups is 4. The lowest BCUT2D eigenvalue weighted by molar-refractivity contribution is -0.924. The average Bonchev–Trinajstić information content (AvgIpc) is 3.92. The Hall–Kier alpha value is -4.76. The van der Waals surface area contributed by atoms with Crippen molar-refractivity contribution in [3.8, 4) is 5.75 Å². The van der Waals surface area contributed by atoms with Crippen molar-refractivity contribution in [2.45, 2.75) is 99.5 Å². The van der Waals surface area contributed by atoms with Crippen LogP contribution in [-0.4, -0.2) is 139 Å². The normalized spacial score (nSPS) is 37.3. The summed E-state index contributed by atoms with van der Waals surface area (Å²) in [5, 5.41) is 26.5. The van der Waals surface area contributed by atoms with E-state index in [2.05, 4.69) is 23.0 Å². The number of fused-ring (bicyclic) bond motifs is 6. The largest absolute Gasteiger partial charge is 0.496 e. The van der Waals surface area contributed by atoms with E-state index in [0.717, 1.165) is 29.6 Å². The molecule has 5 aliphatic heterocycles. The molecule has 1 spiro atoms. The zero-order chi connectivity index (χ0) is 43.5. The molecule has 2 saturated heterocycles. The number of hydrogen-bond donors (Lipinski definition) is 3. The number of quaternary nitrogens is 1. The third kappa shape index (κ3) is 5.40. The van der Waals surface area contributed by atoms with Gasteiger partial charge in [-0.15, -0.1) is 0 Å². The minimum absolute atomic E-state index is 0.141. The van der Waals surface area contributed by atoms with E-state index in [0.29, 0.717) is 90.9 Å². The quantitative estimate of drug-likeness (QED) is 0.0997. The van der Waals surface area contributed by atoms with E-state index in [1.807, 2.05) is 50.3 Å². The maximum atomic E-state index is 15.4. The van der Waals surface area contributed by atoms with Crippen LogP contribution in [0.25, 0.3) is 10.9 Å². The van der Waals surface area contributed by atoms with Crippen molar-refractivity contribution in [2.24, 2.45) is 11.3 Å². The van der Waals surface area contributed by atoms with Crippen molar-refractivity contribution in [3.05, 3.63) is 70.9 Å². The highest BCUT2D eigenvalue weighted by molar-refractivity contribution is 5.96. The van der Waals surface area contributed by atoms with Gasteiger partial charge in [0.2, 0.25) is 12.0 Å². The van der Waals surface area contributed by atoms with Crippen molar-refractivity contribution >= 4 is 40.9 Å². The van der Waals surface area contributed by atoms with Gasteiger partial charge >= 0.3 is 17.9 Å². The summed E-state index contributed by atoms with van der Waals surface area (Å²) < 4.78 is 24.4. The fourth-order valence-electron chi connectivity index (χ4n) is 14.0. The Morgan fingerprint density at radius 2 is 1.75 bits per heavy atom. The molecule has 1 saturated carbocycles. The molecule has 1 aromatic heterocycles. The molecule has 326 valence electrons. The fourth-order valence-corrected chi connectivity index (χ4v) is 14.0. The first kappa shape index (κ1) is 41.6. The lowest BCUT2D eigenvalue weighted by Crippen LogP contribution is -2.81. The van der Waals surface area contributed by atoms with E-state index in [1.165, 1.54) is 33.2 Å². The summed E-state index contributed by atoms with van der Waals surface area (Å²) in [4.78, 5) is 64.0. The number of ether oxygens (including phenoxy) is 4. The first-order valence-corrected chi connectivity index (χ1v) is 21.7. The number of nitrogens with zero attached hydrogens (tertiary/aromatic N) is 3. The van der Waals surface area contributed by atoms with Crippen molar-refractivity contribution < 1.29 is 52.8 Å². The monoisotopic (exact) mass is 839 g/mol. The van der Waals surface area contributed by atoms with Gasteiger partial charge in [0.15, 0.2) is 6.10 Å². The molecule has 9 rings (SSSR count). The number of piperidine rings is 1. The van der Waals surface area contributed by atoms with Gasteiger partial charge in [0.05, 0.1) is 53.2 Å². The summed E-state index contributed by atoms with van der Waals surface area (Å²) in [7, 11) is 6.31. The summed E-state index contributed by atoms with van der Waals surface area (Å²) in [6.07, 6.45) is 5.90. The standard InChI is InChI=1S/C47H59N4O10/c1-8-43(56)23-29-24-46(41(54)59-6,37-31(15-20-51(4,25-29)26-43)30-13-10-11-14-34(30)48-37)33-21-32-35(22-36(33)58-5)50(27-52)39-45(32)17-19-49-18-12-16-44(9-2,38(45)49)40(61-28(3)53)47(39,57)42(55)60-7/h10-14,16,21-22,27,29,38-40,48,56-57H,8-9,15,17-20,23-26H2,1-7H3/q+1/t29-,38+,39-,40-,43+,44-,45-,46+,47+,51-/m1/s1. The van der Waals surface area contributed by atoms with E-state index in [-0.39, 0.29) is 12.3 Å². The van der Waals surface area contributed by atoms with E-state index >= 15 is 4.79 Å². The Balaban J connectivity index is 1.38. The maximum absolute atomic E-state index is 15.4. The molecule has 0 radical (unpaired) electrons. The van der Waals surface area contributed by atoms with Crippen LogP contribution in [0.1, 0.15) is 75.3 Å². The minimum atomic E-state index is -2.53. The Morgan fingerprint density at radius 1 is 1.00 bits per heavy atom. The number of H-pyrrole nitrogens is 1. The molecule has 3 fully saturated rings. The number of carbonyl (C=O) groups excluding carboxylic acids is 4. The number of aromatic nitrogens is 1. The van der Waals surface area contributed by atoms with Gasteiger partial charge in [0, 0.05) is 70.9 Å². The number of para-hydroxylation sites is 1. The van der Waals surface area contributed by atoms with Crippen LogP contribution in [0.15, 0.2) is 48.6 Å². The first-order valence-electron chi connectivity index (χ1n) is 21.7. The summed E-state index contributed by atoms with van der Waals surface area (Å²) in [6.45, 7) is 8.40. The molecule has 14 nitrogen and oxygen atoms in total. The average molecular weight is 840 g/mol. The van der Waals surface area contributed by atoms with E-state index in [9.17, 15) is 24.6 Å². The third-order valence-electron chi connectivity index (χ3n) is 16.1. The molecule has 1 amide bonds. The first-order chi connectivity index (χ1) is 29.1. The molecule has 0 unspecified atom stereocenters. The Kier molecular flexibility index (Phi) is 9.63. The molecule has 2 bridgehead atoms. The number of aliphatic hydroxyl groups is 2. The summed E-state index contributed by atoms with van der Waals surface area (Å²) in [5.41, 5.74) is -3.10. The molecule has 1 aliphatic carbocycles. The second-order valence-electron chi connectivity index (χ2n) is 19.1. The molecule has 10 atom stereocenters. The van der Waals surface area contributed by atoms with Crippen LogP contribution >= 0.6 is 0 Å². The Morgan fingerprint density at radius 3 is 2.43 bits per heavy atom. The fraction of sp³-hybridized carbons (Fsp3) is 0.574. The van der Waals surface area contributed by atoms with Gasteiger partial charge in [-0.05, 0) is 61.9 Å². The van der Waals surface area contributed by atoms with Gasteiger partial charge in [-0.25, -0.2) is 4.79 Å². The number of methoxy groups -OCH3 is 3. The second-order valence-corrected chi connectivity index (χ2v) is 19.1. The molecular formula is C47H59N4O10+. The molecule has 3 N–H and O–H groups in total. The summed E-state index contributed by atoms with van der Waals surface area (Å²) in [6, 6.07) is 10.0. The van der Waals surface area contributed by atoms with Crippen molar-refractivity contribution in [3.63, 3.8) is 0 Å². The molecule has 6 aliphatic rings. The van der Waals surface area contributed by atoms with Gasteiger partial charge in [-0.3, -0.25) is 19.3 Å². The van der Waals surface area contributed by atoms with Crippen molar-refractivity contribution in [1.82, 2.24) is 9.88 Å². The zero-order valence-corrected chi connectivity index (χ0v) is 36.3. The predicted octanol–water partition coefficient (Wildman–Crippen LogP) is 3.66. The highest BCUT2D eigenvalue weighted by Gasteiger charge is 2.81. The number of anilines is 1. The number of rotatable bonds is 8. The third-order valence-corrected chi connectivity index (χ3v) is 16.1. The minimum Gasteiger partial charge on any atom is -0.496 e. The highest BCUT2D eigenvalue weighted by atomic mass is 16.6. The molecule has 6 heterocycles. The lowest BCUT2D eigenvalue weighted by Gasteiger charge is -2.63. The molecule has 14 heteroatoms. The number of benzene rings is 2. The number of hydrogen-bond acceptors (Lipinski definition) is 11. The van der Waals surface area contributed by atoms with Crippen LogP contribution in [0.3, 0.4) is 0 Å². The molecule has 3 aromatic rings. The van der Waals surface area contributed by atoms with Gasteiger partial charge in [0.25, 0.3) is 0 Å². The van der Waals surface area contributed by atoms with Gasteiger partial charge in [-0.2, -0.15) is 0 Å². The topological polar surface area (TPSA) is 168 Å². The van der Waals surface area contributed by atoms with Gasteiger partial charge < -0.3 is 43.5 Å². The Bertz CT molecular complexity index is 2360. The number of amides is 1. The number of aromatic amines is 1. The van der Waals surface area contributed by atoms with Crippen LogP contribution in [0.4, 0.5) is 5.69 Å². The molecular weight excluding hydrogens is 781 g/mol. The lowest BCUT2D eigenvalue weighted by atomic mass is 9.47. The summed E-state index contributed by atoms with van der Waals surface area (Å²) >= 11 is 0. The number of likely N-dealkylation sites (N-methyl/N-ethyl adjacent to an activating group) is 1. The van der Waals surface area contributed by atoms with Crippen LogP contribution in [0, 0.1) is 11.3 Å². The predicted molar refractivity (Wildman–Crippen MR) is 225 cm³/mol. The van der Waals surface area contributed by atoms with E-state index < -0.39 is 63.5 Å². The van der Waals surface area contributed by atoms with Crippen molar-refractivity contribution in [1.29, 1.82) is 0 Å². The van der Waals surface area contributed by atoms with Crippen molar-refractivity contribution in [2.75, 3.05) is 66.0 Å². The van der Waals surface area contributed by atoms with E-state index in [4.69, 9.17) is 18.9 Å². The smallest absolute Gasteiger partial charge is 0.344 e. The van der Waals surface area contributed by atoms with Crippen LogP contribution in [0.5, 0.6) is 5.75 Å². The SMILES string of the molecule is CC[C@]1(O)C[C@@H]2C[C@](C(=O)OC)(c3cc4c(cc3OC)N(C=O)[C@H]3[C@@](O)(C(=O)OC)[C@H](OC(C)=O)[C@]5(CC)C=CCN6CC[C@]43[C@@H]65)c3[nH]c4ccccc4c3CC[N@+](C)(C2)C1. The molecule has 2 aromatic carbocycles. The summed E-state index contributed by atoms with van der Waals surface area (Å²) in [5.74, 6) is -2.04. The second kappa shape index (κ2) is 14.1.